The van der Waals surface area contributed by atoms with Crippen molar-refractivity contribution in [1.29, 1.82) is 0 Å². The Balaban J connectivity index is 1.64. The summed E-state index contributed by atoms with van der Waals surface area (Å²) < 4.78 is 11.8. The van der Waals surface area contributed by atoms with Gasteiger partial charge in [0.15, 0.2) is 6.61 Å². The first-order valence-corrected chi connectivity index (χ1v) is 9.34. The van der Waals surface area contributed by atoms with Crippen LogP contribution in [0.25, 0.3) is 0 Å². The van der Waals surface area contributed by atoms with Gasteiger partial charge in [0.2, 0.25) is 0 Å². The van der Waals surface area contributed by atoms with Crippen LogP contribution in [0.1, 0.15) is 31.7 Å². The molecule has 1 amide bonds. The van der Waals surface area contributed by atoms with Gasteiger partial charge in [-0.15, -0.1) is 0 Å². The Hall–Kier alpha value is -1.11. The van der Waals surface area contributed by atoms with Crippen LogP contribution in [0.3, 0.4) is 0 Å². The van der Waals surface area contributed by atoms with Gasteiger partial charge in [0.1, 0.15) is 5.75 Å². The summed E-state index contributed by atoms with van der Waals surface area (Å²) in [6.07, 6.45) is 0.943. The zero-order valence-corrected chi connectivity index (χ0v) is 16.1. The fourth-order valence-corrected chi connectivity index (χ4v) is 3.05. The molecule has 134 valence electrons. The topological polar surface area (TPSA) is 50.8 Å². The van der Waals surface area contributed by atoms with Gasteiger partial charge in [-0.1, -0.05) is 19.9 Å². The molecule has 1 aliphatic rings. The van der Waals surface area contributed by atoms with Crippen LogP contribution in [0.2, 0.25) is 0 Å². The second-order valence-electron chi connectivity index (χ2n) is 6.29. The summed E-state index contributed by atoms with van der Waals surface area (Å²) in [5.74, 6) is 1.07. The molecule has 0 radical (unpaired) electrons. The minimum absolute atomic E-state index is 0.0389. The first-order chi connectivity index (χ1) is 11.6. The van der Waals surface area contributed by atoms with E-state index in [1.807, 2.05) is 18.2 Å². The van der Waals surface area contributed by atoms with Crippen LogP contribution < -0.4 is 10.1 Å². The van der Waals surface area contributed by atoms with Gasteiger partial charge in [-0.25, -0.2) is 0 Å². The molecule has 0 spiro atoms. The highest BCUT2D eigenvalue weighted by Crippen LogP contribution is 2.28. The number of rotatable bonds is 8. The van der Waals surface area contributed by atoms with E-state index in [-0.39, 0.29) is 12.5 Å². The predicted molar refractivity (Wildman–Crippen MR) is 98.6 cm³/mol. The number of hydrogen-bond donors (Lipinski definition) is 1. The summed E-state index contributed by atoms with van der Waals surface area (Å²) >= 11 is 3.50. The van der Waals surface area contributed by atoms with Crippen molar-refractivity contribution >= 4 is 21.8 Å². The molecule has 2 rings (SSSR count). The molecule has 1 aromatic carbocycles. The van der Waals surface area contributed by atoms with Crippen molar-refractivity contribution < 1.29 is 14.3 Å². The molecule has 0 aromatic heterocycles. The van der Waals surface area contributed by atoms with Crippen LogP contribution in [-0.2, 0) is 9.53 Å². The Morgan fingerprint density at radius 2 is 2.12 bits per heavy atom. The molecule has 6 heteroatoms. The molecule has 0 saturated carbocycles. The van der Waals surface area contributed by atoms with Crippen LogP contribution in [0.5, 0.6) is 5.75 Å². The normalized spacial score (nSPS) is 15.5. The third-order valence-electron chi connectivity index (χ3n) is 4.06. The second kappa shape index (κ2) is 10.0. The molecule has 1 aliphatic heterocycles. The van der Waals surface area contributed by atoms with E-state index < -0.39 is 0 Å². The van der Waals surface area contributed by atoms with Crippen molar-refractivity contribution in [2.24, 2.45) is 0 Å². The fourth-order valence-electron chi connectivity index (χ4n) is 2.54. The number of benzene rings is 1. The van der Waals surface area contributed by atoms with Crippen molar-refractivity contribution in [1.82, 2.24) is 10.2 Å². The summed E-state index contributed by atoms with van der Waals surface area (Å²) in [6, 6.07) is 5.98. The van der Waals surface area contributed by atoms with Gasteiger partial charge in [0.25, 0.3) is 5.91 Å². The lowest BCUT2D eigenvalue weighted by Crippen LogP contribution is -2.38. The van der Waals surface area contributed by atoms with Gasteiger partial charge in [-0.05, 0) is 52.5 Å². The summed E-state index contributed by atoms with van der Waals surface area (Å²) in [6.45, 7) is 9.58. The SMILES string of the molecule is CC(C)c1ccc(OCC(=O)NCCCN2CCOCC2)c(Br)c1. The average molecular weight is 399 g/mol. The summed E-state index contributed by atoms with van der Waals surface area (Å²) in [4.78, 5) is 14.2. The molecule has 5 nitrogen and oxygen atoms in total. The molecule has 1 heterocycles. The number of nitrogens with zero attached hydrogens (tertiary/aromatic N) is 1. The number of nitrogens with one attached hydrogen (secondary N) is 1. The van der Waals surface area contributed by atoms with E-state index in [0.717, 1.165) is 43.7 Å². The standard InChI is InChI=1S/C18H27BrN2O3/c1-14(2)15-4-5-17(16(19)12-15)24-13-18(22)20-6-3-7-21-8-10-23-11-9-21/h4-5,12,14H,3,6-11,13H2,1-2H3,(H,20,22). The average Bonchev–Trinajstić information content (AvgIpc) is 2.58. The highest BCUT2D eigenvalue weighted by molar-refractivity contribution is 9.10. The van der Waals surface area contributed by atoms with Crippen LogP contribution in [0.4, 0.5) is 0 Å². The van der Waals surface area contributed by atoms with Crippen molar-refractivity contribution in [3.05, 3.63) is 28.2 Å². The largest absolute Gasteiger partial charge is 0.483 e. The van der Waals surface area contributed by atoms with Crippen molar-refractivity contribution in [2.75, 3.05) is 46.0 Å². The minimum atomic E-state index is -0.0863. The van der Waals surface area contributed by atoms with Crippen LogP contribution >= 0.6 is 15.9 Å². The lowest BCUT2D eigenvalue weighted by atomic mass is 10.0. The van der Waals surface area contributed by atoms with Gasteiger partial charge in [-0.2, -0.15) is 0 Å². The van der Waals surface area contributed by atoms with E-state index in [2.05, 4.69) is 40.0 Å². The lowest BCUT2D eigenvalue weighted by molar-refractivity contribution is -0.123. The summed E-state index contributed by atoms with van der Waals surface area (Å²) in [5, 5.41) is 2.90. The molecule has 0 bridgehead atoms. The maximum absolute atomic E-state index is 11.9. The van der Waals surface area contributed by atoms with Crippen molar-refractivity contribution in [3.63, 3.8) is 0 Å². The van der Waals surface area contributed by atoms with E-state index in [4.69, 9.17) is 9.47 Å². The first-order valence-electron chi connectivity index (χ1n) is 8.55. The Bertz CT molecular complexity index is 531. The highest BCUT2D eigenvalue weighted by atomic mass is 79.9. The third kappa shape index (κ3) is 6.42. The molecule has 1 fully saturated rings. The van der Waals surface area contributed by atoms with Gasteiger partial charge < -0.3 is 14.8 Å². The van der Waals surface area contributed by atoms with Crippen LogP contribution in [0.15, 0.2) is 22.7 Å². The third-order valence-corrected chi connectivity index (χ3v) is 4.68. The monoisotopic (exact) mass is 398 g/mol. The molecular formula is C18H27BrN2O3. The summed E-state index contributed by atoms with van der Waals surface area (Å²) in [7, 11) is 0. The molecule has 0 atom stereocenters. The molecule has 1 aromatic rings. The van der Waals surface area contributed by atoms with Crippen molar-refractivity contribution in [3.8, 4) is 5.75 Å². The first kappa shape index (κ1) is 19.2. The molecule has 1 saturated heterocycles. The van der Waals surface area contributed by atoms with Gasteiger partial charge >= 0.3 is 0 Å². The molecule has 0 unspecified atom stereocenters. The maximum Gasteiger partial charge on any atom is 0.257 e. The Kier molecular flexibility index (Phi) is 8.02. The number of carbonyl (C=O) groups excluding carboxylic acids is 1. The second-order valence-corrected chi connectivity index (χ2v) is 7.15. The van der Waals surface area contributed by atoms with Crippen LogP contribution in [0, 0.1) is 0 Å². The quantitative estimate of drug-likeness (QED) is 0.684. The van der Waals surface area contributed by atoms with E-state index >= 15 is 0 Å². The number of halogens is 1. The number of amides is 1. The van der Waals surface area contributed by atoms with Gasteiger partial charge in [0, 0.05) is 19.6 Å². The number of carbonyl (C=O) groups is 1. The molecular weight excluding hydrogens is 372 g/mol. The maximum atomic E-state index is 11.9. The molecule has 1 N–H and O–H groups in total. The number of morpholine rings is 1. The lowest BCUT2D eigenvalue weighted by Gasteiger charge is -2.26. The Morgan fingerprint density at radius 1 is 1.38 bits per heavy atom. The van der Waals surface area contributed by atoms with Crippen LogP contribution in [-0.4, -0.2) is 56.8 Å². The molecule has 0 aliphatic carbocycles. The Labute approximate surface area is 152 Å². The van der Waals surface area contributed by atoms with Gasteiger partial charge in [0.05, 0.1) is 17.7 Å². The zero-order chi connectivity index (χ0) is 17.4. The van der Waals surface area contributed by atoms with E-state index in [1.54, 1.807) is 0 Å². The summed E-state index contributed by atoms with van der Waals surface area (Å²) in [5.41, 5.74) is 1.24. The van der Waals surface area contributed by atoms with E-state index in [1.165, 1.54) is 5.56 Å². The number of hydrogen-bond acceptors (Lipinski definition) is 4. The highest BCUT2D eigenvalue weighted by Gasteiger charge is 2.10. The number of ether oxygens (including phenoxy) is 2. The van der Waals surface area contributed by atoms with Gasteiger partial charge in [-0.3, -0.25) is 9.69 Å². The fraction of sp³-hybridized carbons (Fsp3) is 0.611. The predicted octanol–water partition coefficient (Wildman–Crippen LogP) is 2.79. The smallest absolute Gasteiger partial charge is 0.257 e. The Morgan fingerprint density at radius 3 is 2.79 bits per heavy atom. The zero-order valence-electron chi connectivity index (χ0n) is 14.5. The van der Waals surface area contributed by atoms with E-state index in [9.17, 15) is 4.79 Å². The van der Waals surface area contributed by atoms with E-state index in [0.29, 0.717) is 18.2 Å². The molecule has 24 heavy (non-hydrogen) atoms. The minimum Gasteiger partial charge on any atom is -0.483 e. The van der Waals surface area contributed by atoms with Crippen molar-refractivity contribution in [2.45, 2.75) is 26.2 Å².